The maximum Gasteiger partial charge on any atom is 0.264 e. The molecule has 13 heteroatoms. The van der Waals surface area contributed by atoms with Gasteiger partial charge in [0.1, 0.15) is 11.4 Å². The molecule has 0 atom stereocenters. The van der Waals surface area contributed by atoms with Gasteiger partial charge in [-0.25, -0.2) is 28.1 Å². The summed E-state index contributed by atoms with van der Waals surface area (Å²) >= 11 is 1.39. The molecule has 4 heterocycles. The first-order valence-electron chi connectivity index (χ1n) is 11.8. The van der Waals surface area contributed by atoms with Crippen LogP contribution in [0.2, 0.25) is 0 Å². The van der Waals surface area contributed by atoms with Crippen LogP contribution in [0.15, 0.2) is 86.0 Å². The number of carbonyl (C=O) groups is 1. The Bertz CT molecular complexity index is 1610. The number of imidazole rings is 1. The van der Waals surface area contributed by atoms with Crippen LogP contribution in [-0.4, -0.2) is 40.0 Å². The van der Waals surface area contributed by atoms with Crippen LogP contribution in [-0.2, 0) is 14.8 Å². The van der Waals surface area contributed by atoms with Crippen LogP contribution in [0, 0.1) is 13.8 Å². The lowest BCUT2D eigenvalue weighted by Gasteiger charge is -2.09. The van der Waals surface area contributed by atoms with Crippen molar-refractivity contribution in [3.8, 4) is 22.9 Å². The Morgan fingerprint density at radius 3 is 2.26 bits per heavy atom. The first-order valence-corrected chi connectivity index (χ1v) is 14.3. The number of rotatable bonds is 10. The van der Waals surface area contributed by atoms with Gasteiger partial charge in [-0.1, -0.05) is 11.8 Å². The fourth-order valence-electron chi connectivity index (χ4n) is 3.74. The summed E-state index contributed by atoms with van der Waals surface area (Å²) in [5.74, 6) is 1.47. The van der Waals surface area contributed by atoms with Crippen LogP contribution >= 0.6 is 11.8 Å². The molecule has 0 radical (unpaired) electrons. The summed E-state index contributed by atoms with van der Waals surface area (Å²) in [6.45, 7) is 3.51. The zero-order valence-electron chi connectivity index (χ0n) is 21.0. The van der Waals surface area contributed by atoms with Crippen molar-refractivity contribution >= 4 is 39.3 Å². The van der Waals surface area contributed by atoms with E-state index in [1.54, 1.807) is 44.6 Å². The number of thioether (sulfide) groups is 1. The molecule has 0 aliphatic carbocycles. The van der Waals surface area contributed by atoms with Gasteiger partial charge >= 0.3 is 0 Å². The third-order valence-electron chi connectivity index (χ3n) is 5.43. The second-order valence-corrected chi connectivity index (χ2v) is 11.2. The van der Waals surface area contributed by atoms with Crippen molar-refractivity contribution in [3.63, 3.8) is 0 Å². The number of anilines is 2. The smallest absolute Gasteiger partial charge is 0.264 e. The number of benzene rings is 1. The highest BCUT2D eigenvalue weighted by Gasteiger charge is 2.19. The lowest BCUT2D eigenvalue weighted by molar-refractivity contribution is -0.115. The molecular formula is C26H24N6O5S2. The average molecular weight is 565 g/mol. The molecule has 0 saturated carbocycles. The van der Waals surface area contributed by atoms with E-state index in [1.165, 1.54) is 36.0 Å². The van der Waals surface area contributed by atoms with Gasteiger partial charge in [-0.3, -0.25) is 4.79 Å². The number of nitrogens with one attached hydrogen (secondary N) is 3. The van der Waals surface area contributed by atoms with Crippen LogP contribution < -0.4 is 10.0 Å². The molecule has 1 aromatic carbocycles. The quantitative estimate of drug-likeness (QED) is 0.193. The number of sulfonamides is 1. The molecule has 0 unspecified atom stereocenters. The van der Waals surface area contributed by atoms with Crippen molar-refractivity contribution in [2.75, 3.05) is 15.8 Å². The lowest BCUT2D eigenvalue weighted by atomic mass is 10.2. The minimum absolute atomic E-state index is 0.00602. The Morgan fingerprint density at radius 2 is 1.62 bits per heavy atom. The summed E-state index contributed by atoms with van der Waals surface area (Å²) in [7, 11) is -3.89. The van der Waals surface area contributed by atoms with Crippen LogP contribution in [0.5, 0.6) is 0 Å². The van der Waals surface area contributed by atoms with Gasteiger partial charge in [-0.05, 0) is 68.4 Å². The third-order valence-corrected chi connectivity index (χ3v) is 7.65. The van der Waals surface area contributed by atoms with Crippen molar-refractivity contribution in [1.82, 2.24) is 19.9 Å². The van der Waals surface area contributed by atoms with E-state index in [-0.39, 0.29) is 23.2 Å². The predicted molar refractivity (Wildman–Crippen MR) is 147 cm³/mol. The molecule has 0 bridgehead atoms. The van der Waals surface area contributed by atoms with E-state index >= 15 is 0 Å². The van der Waals surface area contributed by atoms with Crippen LogP contribution in [0.4, 0.5) is 11.6 Å². The van der Waals surface area contributed by atoms with E-state index in [0.717, 1.165) is 0 Å². The van der Waals surface area contributed by atoms with Gasteiger partial charge in [-0.2, -0.15) is 0 Å². The van der Waals surface area contributed by atoms with Gasteiger partial charge in [-0.15, -0.1) is 0 Å². The highest BCUT2D eigenvalue weighted by molar-refractivity contribution is 7.99. The molecule has 39 heavy (non-hydrogen) atoms. The van der Waals surface area contributed by atoms with Crippen LogP contribution in [0.25, 0.3) is 22.9 Å². The highest BCUT2D eigenvalue weighted by Crippen LogP contribution is 2.33. The van der Waals surface area contributed by atoms with E-state index in [2.05, 4.69) is 30.0 Å². The standard InChI is InChI=1S/C26H24N6O5S2/c1-16-15-17(2)28-25(27-16)32-39(34,35)19-9-7-18(8-10-19)29-22(33)11-14-38-26-30-23(20-5-3-12-36-20)24(31-26)21-6-4-13-37-21/h3-10,12-13,15H,11,14H2,1-2H3,(H,29,33)(H,30,31)(H,27,28,32). The Balaban J connectivity index is 1.17. The number of hydrogen-bond acceptors (Lipinski definition) is 9. The van der Waals surface area contributed by atoms with Crippen molar-refractivity contribution in [2.45, 2.75) is 30.3 Å². The van der Waals surface area contributed by atoms with Crippen molar-refractivity contribution in [2.24, 2.45) is 0 Å². The average Bonchev–Trinajstić information content (AvgIpc) is 3.65. The van der Waals surface area contributed by atoms with E-state index in [4.69, 9.17) is 8.83 Å². The topological polar surface area (TPSA) is 156 Å². The number of aromatic amines is 1. The summed E-state index contributed by atoms with van der Waals surface area (Å²) in [5, 5.41) is 3.40. The van der Waals surface area contributed by atoms with Crippen LogP contribution in [0.3, 0.4) is 0 Å². The number of carbonyl (C=O) groups excluding carboxylic acids is 1. The van der Waals surface area contributed by atoms with Crippen LogP contribution in [0.1, 0.15) is 17.8 Å². The predicted octanol–water partition coefficient (Wildman–Crippen LogP) is 5.26. The van der Waals surface area contributed by atoms with Gasteiger partial charge < -0.3 is 19.1 Å². The van der Waals surface area contributed by atoms with Crippen molar-refractivity contribution in [3.05, 3.63) is 78.5 Å². The third kappa shape index (κ3) is 6.38. The van der Waals surface area contributed by atoms with Crippen molar-refractivity contribution < 1.29 is 22.0 Å². The van der Waals surface area contributed by atoms with Crippen molar-refractivity contribution in [1.29, 1.82) is 0 Å². The van der Waals surface area contributed by atoms with Gasteiger partial charge in [0.25, 0.3) is 10.0 Å². The maximum absolute atomic E-state index is 12.7. The van der Waals surface area contributed by atoms with Gasteiger partial charge in [0.15, 0.2) is 16.7 Å². The summed E-state index contributed by atoms with van der Waals surface area (Å²) in [4.78, 5) is 28.6. The number of nitrogens with zero attached hydrogens (tertiary/aromatic N) is 3. The Kier molecular flexibility index (Phi) is 7.52. The molecule has 200 valence electrons. The molecule has 5 aromatic rings. The molecule has 0 aliphatic rings. The second-order valence-electron chi connectivity index (χ2n) is 8.47. The largest absolute Gasteiger partial charge is 0.463 e. The van der Waals surface area contributed by atoms with E-state index in [9.17, 15) is 13.2 Å². The molecule has 0 spiro atoms. The van der Waals surface area contributed by atoms with Gasteiger partial charge in [0.2, 0.25) is 11.9 Å². The first kappa shape index (κ1) is 26.3. The van der Waals surface area contributed by atoms with E-state index in [0.29, 0.717) is 50.9 Å². The minimum Gasteiger partial charge on any atom is -0.463 e. The molecule has 3 N–H and O–H groups in total. The van der Waals surface area contributed by atoms with Gasteiger partial charge in [0, 0.05) is 29.2 Å². The summed E-state index contributed by atoms with van der Waals surface area (Å²) in [5.41, 5.74) is 3.09. The first-order chi connectivity index (χ1) is 18.8. The molecular weight excluding hydrogens is 540 g/mol. The second kappa shape index (κ2) is 11.2. The maximum atomic E-state index is 12.7. The minimum atomic E-state index is -3.89. The number of aryl methyl sites for hydroxylation is 2. The summed E-state index contributed by atoms with van der Waals surface area (Å²) in [6, 6.07) is 14.8. The molecule has 1 amide bonds. The number of aromatic nitrogens is 4. The molecule has 11 nitrogen and oxygen atoms in total. The monoisotopic (exact) mass is 564 g/mol. The fourth-order valence-corrected chi connectivity index (χ4v) is 5.50. The normalized spacial score (nSPS) is 11.4. The Morgan fingerprint density at radius 1 is 0.949 bits per heavy atom. The molecule has 0 aliphatic heterocycles. The summed E-state index contributed by atoms with van der Waals surface area (Å²) in [6.07, 6.45) is 3.37. The fraction of sp³-hybridized carbons (Fsp3) is 0.154. The van der Waals surface area contributed by atoms with E-state index in [1.807, 2.05) is 12.1 Å². The molecule has 0 saturated heterocycles. The number of H-pyrrole nitrogens is 1. The molecule has 0 fully saturated rings. The number of amides is 1. The number of hydrogen-bond donors (Lipinski definition) is 3. The zero-order chi connectivity index (χ0) is 27.4. The zero-order valence-corrected chi connectivity index (χ0v) is 22.6. The SMILES string of the molecule is Cc1cc(C)nc(NS(=O)(=O)c2ccc(NC(=O)CCSc3nc(-c4ccco4)c(-c4ccco4)[nH]3)cc2)n1. The Hall–Kier alpha value is -4.36. The summed E-state index contributed by atoms with van der Waals surface area (Å²) < 4.78 is 38.8. The van der Waals surface area contributed by atoms with Gasteiger partial charge in [0.05, 0.1) is 17.4 Å². The number of furan rings is 2. The highest BCUT2D eigenvalue weighted by atomic mass is 32.2. The molecule has 5 rings (SSSR count). The lowest BCUT2D eigenvalue weighted by Crippen LogP contribution is -2.16. The molecule has 4 aromatic heterocycles. The van der Waals surface area contributed by atoms with E-state index < -0.39 is 10.0 Å². The Labute approximate surface area is 228 Å².